The van der Waals surface area contributed by atoms with Gasteiger partial charge in [0.15, 0.2) is 0 Å². The Balaban J connectivity index is 2.80. The van der Waals surface area contributed by atoms with Crippen LogP contribution in [-0.4, -0.2) is 19.8 Å². The first-order valence-corrected chi connectivity index (χ1v) is 6.59. The summed E-state index contributed by atoms with van der Waals surface area (Å²) in [7, 11) is 1.70. The van der Waals surface area contributed by atoms with E-state index < -0.39 is 0 Å². The molecule has 0 bridgehead atoms. The van der Waals surface area contributed by atoms with Crippen LogP contribution >= 0.6 is 0 Å². The highest BCUT2D eigenvalue weighted by Gasteiger charge is 2.20. The smallest absolute Gasteiger partial charge is 0.127 e. The minimum atomic E-state index is -0.142. The molecule has 0 saturated heterocycles. The molecule has 3 heteroatoms. The Morgan fingerprint density at radius 3 is 2.44 bits per heavy atom. The lowest BCUT2D eigenvalue weighted by molar-refractivity contribution is 0.139. The Labute approximate surface area is 110 Å². The lowest BCUT2D eigenvalue weighted by Gasteiger charge is -2.28. The van der Waals surface area contributed by atoms with E-state index in [9.17, 15) is 4.39 Å². The predicted octanol–water partition coefficient (Wildman–Crippen LogP) is 3.54. The molecule has 0 radical (unpaired) electrons. The van der Waals surface area contributed by atoms with Gasteiger partial charge in [-0.25, -0.2) is 4.39 Å². The molecule has 0 aromatic heterocycles. The maximum atomic E-state index is 13.8. The van der Waals surface area contributed by atoms with Gasteiger partial charge in [-0.1, -0.05) is 39.0 Å². The van der Waals surface area contributed by atoms with Crippen molar-refractivity contribution in [2.75, 3.05) is 13.7 Å². The summed E-state index contributed by atoms with van der Waals surface area (Å²) in [4.78, 5) is 0. The highest BCUT2D eigenvalue weighted by Crippen LogP contribution is 2.21. The van der Waals surface area contributed by atoms with Crippen LogP contribution in [0, 0.1) is 11.7 Å². The summed E-state index contributed by atoms with van der Waals surface area (Å²) in [6, 6.07) is 7.24. The fourth-order valence-electron chi connectivity index (χ4n) is 2.06. The Morgan fingerprint density at radius 1 is 1.28 bits per heavy atom. The van der Waals surface area contributed by atoms with Crippen molar-refractivity contribution < 1.29 is 9.13 Å². The first kappa shape index (κ1) is 15.1. The van der Waals surface area contributed by atoms with Crippen molar-refractivity contribution in [3.8, 4) is 0 Å². The van der Waals surface area contributed by atoms with E-state index in [0.29, 0.717) is 12.5 Å². The minimum Gasteiger partial charge on any atom is -0.383 e. The van der Waals surface area contributed by atoms with Gasteiger partial charge in [-0.2, -0.15) is 0 Å². The molecule has 2 nitrogen and oxygen atoms in total. The van der Waals surface area contributed by atoms with Crippen molar-refractivity contribution >= 4 is 0 Å². The zero-order valence-electron chi connectivity index (χ0n) is 11.7. The van der Waals surface area contributed by atoms with E-state index in [1.807, 2.05) is 12.1 Å². The molecular formula is C15H24FNO. The molecule has 1 aromatic carbocycles. The van der Waals surface area contributed by atoms with Gasteiger partial charge in [0.1, 0.15) is 5.82 Å². The van der Waals surface area contributed by atoms with E-state index in [-0.39, 0.29) is 17.9 Å². The Hall–Kier alpha value is -0.930. The second kappa shape index (κ2) is 7.49. The van der Waals surface area contributed by atoms with E-state index >= 15 is 0 Å². The van der Waals surface area contributed by atoms with Crippen molar-refractivity contribution in [3.63, 3.8) is 0 Å². The van der Waals surface area contributed by atoms with E-state index in [1.54, 1.807) is 13.2 Å². The number of rotatable bonds is 7. The van der Waals surface area contributed by atoms with Crippen LogP contribution in [0.1, 0.15) is 38.8 Å². The van der Waals surface area contributed by atoms with Gasteiger partial charge in [0, 0.05) is 24.8 Å². The fraction of sp³-hybridized carbons (Fsp3) is 0.600. The van der Waals surface area contributed by atoms with E-state index in [2.05, 4.69) is 26.1 Å². The van der Waals surface area contributed by atoms with Gasteiger partial charge >= 0.3 is 0 Å². The molecule has 0 amide bonds. The number of methoxy groups -OCH3 is 1. The number of nitrogens with one attached hydrogen (secondary N) is 1. The topological polar surface area (TPSA) is 21.3 Å². The van der Waals surface area contributed by atoms with Gasteiger partial charge in [-0.15, -0.1) is 0 Å². The van der Waals surface area contributed by atoms with Crippen LogP contribution in [0.5, 0.6) is 0 Å². The summed E-state index contributed by atoms with van der Waals surface area (Å²) in [5.41, 5.74) is 0.738. The van der Waals surface area contributed by atoms with Gasteiger partial charge < -0.3 is 10.1 Å². The molecule has 1 N–H and O–H groups in total. The first-order chi connectivity index (χ1) is 8.60. The molecule has 0 spiro atoms. The van der Waals surface area contributed by atoms with Crippen LogP contribution in [0.25, 0.3) is 0 Å². The van der Waals surface area contributed by atoms with Gasteiger partial charge in [-0.05, 0) is 18.4 Å². The second-order valence-electron chi connectivity index (χ2n) is 4.95. The fourth-order valence-corrected chi connectivity index (χ4v) is 2.06. The van der Waals surface area contributed by atoms with Crippen LogP contribution in [0.3, 0.4) is 0 Å². The van der Waals surface area contributed by atoms with Crippen LogP contribution in [0.2, 0.25) is 0 Å². The summed E-state index contributed by atoms with van der Waals surface area (Å²) in [5, 5.41) is 3.50. The van der Waals surface area contributed by atoms with Gasteiger partial charge in [0.05, 0.1) is 6.61 Å². The number of ether oxygens (including phenoxy) is 1. The second-order valence-corrected chi connectivity index (χ2v) is 4.95. The van der Waals surface area contributed by atoms with E-state index in [4.69, 9.17) is 4.74 Å². The van der Waals surface area contributed by atoms with Gasteiger partial charge in [0.25, 0.3) is 0 Å². The van der Waals surface area contributed by atoms with Crippen LogP contribution in [0.15, 0.2) is 24.3 Å². The van der Waals surface area contributed by atoms with Gasteiger partial charge in [-0.3, -0.25) is 0 Å². The van der Waals surface area contributed by atoms with Crippen molar-refractivity contribution in [2.45, 2.75) is 39.3 Å². The van der Waals surface area contributed by atoms with E-state index in [1.165, 1.54) is 6.07 Å². The Bertz CT molecular complexity index is 354. The molecule has 0 aliphatic carbocycles. The van der Waals surface area contributed by atoms with Crippen molar-refractivity contribution in [1.82, 2.24) is 5.32 Å². The lowest BCUT2D eigenvalue weighted by atomic mass is 9.99. The summed E-state index contributed by atoms with van der Waals surface area (Å²) in [6.45, 7) is 6.99. The quantitative estimate of drug-likeness (QED) is 0.802. The average molecular weight is 253 g/mol. The largest absolute Gasteiger partial charge is 0.383 e. The average Bonchev–Trinajstić information content (AvgIpc) is 2.35. The van der Waals surface area contributed by atoms with Crippen molar-refractivity contribution in [1.29, 1.82) is 0 Å². The molecule has 0 aliphatic rings. The highest BCUT2D eigenvalue weighted by molar-refractivity contribution is 5.21. The van der Waals surface area contributed by atoms with Crippen LogP contribution in [-0.2, 0) is 4.74 Å². The lowest BCUT2D eigenvalue weighted by Crippen LogP contribution is -2.40. The monoisotopic (exact) mass is 253 g/mol. The molecular weight excluding hydrogens is 229 g/mol. The number of benzene rings is 1. The molecule has 0 fully saturated rings. The SMILES string of the molecule is CCC(NC(COC)C(C)C)c1ccccc1F. The van der Waals surface area contributed by atoms with E-state index in [0.717, 1.165) is 12.0 Å². The maximum absolute atomic E-state index is 13.8. The summed E-state index contributed by atoms with van der Waals surface area (Å²) in [6.07, 6.45) is 0.855. The Kier molecular flexibility index (Phi) is 6.30. The standard InChI is InChI=1S/C15H24FNO/c1-5-14(12-8-6-7-9-13(12)16)17-15(10-18-4)11(2)3/h6-9,11,14-15,17H,5,10H2,1-4H3. The van der Waals surface area contributed by atoms with Crippen LogP contribution < -0.4 is 5.32 Å². The van der Waals surface area contributed by atoms with Gasteiger partial charge in [0.2, 0.25) is 0 Å². The zero-order valence-corrected chi connectivity index (χ0v) is 11.7. The molecule has 0 saturated carbocycles. The van der Waals surface area contributed by atoms with Crippen LogP contribution in [0.4, 0.5) is 4.39 Å². The highest BCUT2D eigenvalue weighted by atomic mass is 19.1. The normalized spacial score (nSPS) is 14.8. The Morgan fingerprint density at radius 2 is 1.94 bits per heavy atom. The predicted molar refractivity (Wildman–Crippen MR) is 73.1 cm³/mol. The summed E-state index contributed by atoms with van der Waals surface area (Å²) in [5.74, 6) is 0.308. The number of hydrogen-bond donors (Lipinski definition) is 1. The zero-order chi connectivity index (χ0) is 13.5. The number of halogens is 1. The summed E-state index contributed by atoms with van der Waals surface area (Å²) < 4.78 is 19.0. The summed E-state index contributed by atoms with van der Waals surface area (Å²) >= 11 is 0. The number of hydrogen-bond acceptors (Lipinski definition) is 2. The molecule has 0 aliphatic heterocycles. The molecule has 1 aromatic rings. The molecule has 2 unspecified atom stereocenters. The third-order valence-electron chi connectivity index (χ3n) is 3.26. The third kappa shape index (κ3) is 4.07. The minimum absolute atomic E-state index is 0.0359. The first-order valence-electron chi connectivity index (χ1n) is 6.59. The molecule has 1 rings (SSSR count). The molecule has 102 valence electrons. The molecule has 0 heterocycles. The third-order valence-corrected chi connectivity index (χ3v) is 3.26. The maximum Gasteiger partial charge on any atom is 0.127 e. The van der Waals surface area contributed by atoms with Crippen molar-refractivity contribution in [2.24, 2.45) is 5.92 Å². The molecule has 18 heavy (non-hydrogen) atoms. The molecule has 2 atom stereocenters. The van der Waals surface area contributed by atoms with Crippen molar-refractivity contribution in [3.05, 3.63) is 35.6 Å².